The van der Waals surface area contributed by atoms with Gasteiger partial charge < -0.3 is 15.5 Å². The van der Waals surface area contributed by atoms with Crippen LogP contribution in [0, 0.1) is 5.92 Å². The molecule has 118 valence electrons. The van der Waals surface area contributed by atoms with E-state index < -0.39 is 5.54 Å². The molecule has 0 radical (unpaired) electrons. The fourth-order valence-corrected chi connectivity index (χ4v) is 3.59. The average Bonchev–Trinajstić information content (AvgIpc) is 3.27. The molecule has 0 unspecified atom stereocenters. The van der Waals surface area contributed by atoms with E-state index in [4.69, 9.17) is 5.73 Å². The summed E-state index contributed by atoms with van der Waals surface area (Å²) in [5.41, 5.74) is 5.39. The maximum atomic E-state index is 12.3. The zero-order valence-corrected chi connectivity index (χ0v) is 12.9. The van der Waals surface area contributed by atoms with Crippen LogP contribution in [0.25, 0.3) is 0 Å². The molecular weight excluding hydrogens is 266 g/mol. The van der Waals surface area contributed by atoms with E-state index in [1.165, 1.54) is 32.1 Å². The summed E-state index contributed by atoms with van der Waals surface area (Å²) >= 11 is 0. The van der Waals surface area contributed by atoms with E-state index in [1.807, 2.05) is 9.80 Å². The number of carbonyl (C=O) groups is 2. The van der Waals surface area contributed by atoms with Crippen molar-refractivity contribution in [3.05, 3.63) is 0 Å². The molecule has 5 heteroatoms. The van der Waals surface area contributed by atoms with Gasteiger partial charge in [0.2, 0.25) is 11.8 Å². The van der Waals surface area contributed by atoms with Gasteiger partial charge >= 0.3 is 0 Å². The second-order valence-electron chi connectivity index (χ2n) is 7.04. The quantitative estimate of drug-likeness (QED) is 0.848. The molecule has 0 aromatic rings. The maximum absolute atomic E-state index is 12.3. The first-order valence-corrected chi connectivity index (χ1v) is 8.44. The summed E-state index contributed by atoms with van der Waals surface area (Å²) in [5, 5.41) is 0. The van der Waals surface area contributed by atoms with Gasteiger partial charge in [-0.1, -0.05) is 19.3 Å². The van der Waals surface area contributed by atoms with E-state index in [9.17, 15) is 9.59 Å². The highest BCUT2D eigenvalue weighted by Gasteiger charge is 2.48. The van der Waals surface area contributed by atoms with Gasteiger partial charge in [0.1, 0.15) is 0 Å². The molecule has 3 fully saturated rings. The van der Waals surface area contributed by atoms with Crippen LogP contribution in [-0.4, -0.2) is 53.3 Å². The number of nitrogens with zero attached hydrogens (tertiary/aromatic N) is 2. The number of carbonyl (C=O) groups excluding carboxylic acids is 2. The second kappa shape index (κ2) is 5.95. The summed E-state index contributed by atoms with van der Waals surface area (Å²) in [4.78, 5) is 28.3. The number of rotatable bonds is 3. The summed E-state index contributed by atoms with van der Waals surface area (Å²) in [6.45, 7) is 2.64. The summed E-state index contributed by atoms with van der Waals surface area (Å²) < 4.78 is 0. The van der Waals surface area contributed by atoms with Gasteiger partial charge in [-0.25, -0.2) is 0 Å². The Bertz CT molecular complexity index is 406. The molecule has 0 aromatic heterocycles. The van der Waals surface area contributed by atoms with Crippen molar-refractivity contribution >= 4 is 11.8 Å². The summed E-state index contributed by atoms with van der Waals surface area (Å²) in [5.74, 6) is 0.953. The van der Waals surface area contributed by atoms with Crippen LogP contribution in [-0.2, 0) is 9.59 Å². The highest BCUT2D eigenvalue weighted by molar-refractivity contribution is 5.89. The van der Waals surface area contributed by atoms with Crippen LogP contribution in [0.15, 0.2) is 0 Å². The minimum atomic E-state index is -0.575. The van der Waals surface area contributed by atoms with E-state index in [1.54, 1.807) is 0 Å². The lowest BCUT2D eigenvalue weighted by atomic mass is 9.86. The molecule has 2 saturated carbocycles. The van der Waals surface area contributed by atoms with Crippen LogP contribution in [0.3, 0.4) is 0 Å². The number of hydrogen-bond acceptors (Lipinski definition) is 3. The van der Waals surface area contributed by atoms with Gasteiger partial charge in [-0.3, -0.25) is 9.59 Å². The summed E-state index contributed by atoms with van der Waals surface area (Å²) in [6.07, 6.45) is 8.62. The molecule has 3 aliphatic rings. The van der Waals surface area contributed by atoms with Crippen LogP contribution in [0.4, 0.5) is 0 Å². The molecule has 0 aromatic carbocycles. The molecule has 1 saturated heterocycles. The van der Waals surface area contributed by atoms with Crippen molar-refractivity contribution < 1.29 is 9.59 Å². The molecule has 2 aliphatic carbocycles. The van der Waals surface area contributed by atoms with Crippen molar-refractivity contribution in [1.82, 2.24) is 9.80 Å². The Morgan fingerprint density at radius 2 is 1.52 bits per heavy atom. The highest BCUT2D eigenvalue weighted by Crippen LogP contribution is 2.34. The second-order valence-corrected chi connectivity index (χ2v) is 7.04. The Morgan fingerprint density at radius 1 is 0.952 bits per heavy atom. The maximum Gasteiger partial charge on any atom is 0.242 e. The zero-order chi connectivity index (χ0) is 14.9. The Labute approximate surface area is 126 Å². The van der Waals surface area contributed by atoms with Gasteiger partial charge in [0.15, 0.2) is 0 Å². The van der Waals surface area contributed by atoms with E-state index in [0.717, 1.165) is 12.8 Å². The topological polar surface area (TPSA) is 66.6 Å². The number of nitrogens with two attached hydrogens (primary N) is 1. The molecule has 21 heavy (non-hydrogen) atoms. The summed E-state index contributed by atoms with van der Waals surface area (Å²) in [6, 6.07) is 0. The number of hydrogen-bond donors (Lipinski definition) is 1. The van der Waals surface area contributed by atoms with Gasteiger partial charge in [0, 0.05) is 32.6 Å². The Morgan fingerprint density at radius 3 is 2.10 bits per heavy atom. The molecule has 0 atom stereocenters. The van der Waals surface area contributed by atoms with Crippen LogP contribution >= 0.6 is 0 Å². The van der Waals surface area contributed by atoms with Crippen LogP contribution in [0.2, 0.25) is 0 Å². The molecule has 0 bridgehead atoms. The van der Waals surface area contributed by atoms with Crippen LogP contribution < -0.4 is 5.73 Å². The minimum absolute atomic E-state index is 0.0851. The third-order valence-corrected chi connectivity index (χ3v) is 5.32. The molecular formula is C16H27N3O2. The van der Waals surface area contributed by atoms with E-state index in [2.05, 4.69) is 0 Å². The monoisotopic (exact) mass is 293 g/mol. The van der Waals surface area contributed by atoms with E-state index >= 15 is 0 Å². The van der Waals surface area contributed by atoms with Crippen molar-refractivity contribution in [2.45, 2.75) is 56.9 Å². The Hall–Kier alpha value is -1.10. The fourth-order valence-electron chi connectivity index (χ4n) is 3.59. The van der Waals surface area contributed by atoms with Crippen molar-refractivity contribution in [2.75, 3.05) is 26.2 Å². The van der Waals surface area contributed by atoms with Crippen molar-refractivity contribution in [2.24, 2.45) is 11.7 Å². The lowest BCUT2D eigenvalue weighted by molar-refractivity contribution is -0.141. The third-order valence-electron chi connectivity index (χ3n) is 5.32. The van der Waals surface area contributed by atoms with Gasteiger partial charge in [-0.2, -0.15) is 0 Å². The smallest absolute Gasteiger partial charge is 0.242 e. The number of piperazine rings is 1. The molecule has 1 aliphatic heterocycles. The summed E-state index contributed by atoms with van der Waals surface area (Å²) in [7, 11) is 0. The third kappa shape index (κ3) is 3.39. The fraction of sp³-hybridized carbons (Fsp3) is 0.875. The zero-order valence-electron chi connectivity index (χ0n) is 12.9. The lowest BCUT2D eigenvalue weighted by Gasteiger charge is -2.36. The average molecular weight is 293 g/mol. The van der Waals surface area contributed by atoms with Gasteiger partial charge in [-0.15, -0.1) is 0 Å². The predicted octanol–water partition coefficient (Wildman–Crippen LogP) is 1.12. The predicted molar refractivity (Wildman–Crippen MR) is 80.5 cm³/mol. The van der Waals surface area contributed by atoms with Crippen molar-refractivity contribution in [3.8, 4) is 0 Å². The molecule has 3 rings (SSSR count). The van der Waals surface area contributed by atoms with Crippen LogP contribution in [0.1, 0.15) is 51.4 Å². The first-order valence-electron chi connectivity index (χ1n) is 8.44. The number of amides is 2. The van der Waals surface area contributed by atoms with Gasteiger partial charge in [0.05, 0.1) is 5.54 Å². The van der Waals surface area contributed by atoms with Gasteiger partial charge in [-0.05, 0) is 31.6 Å². The normalized spacial score (nSPS) is 25.8. The van der Waals surface area contributed by atoms with Crippen molar-refractivity contribution in [1.29, 1.82) is 0 Å². The largest absolute Gasteiger partial charge is 0.339 e. The first-order chi connectivity index (χ1) is 10.1. The Balaban J connectivity index is 1.44. The standard InChI is InChI=1S/C16H27N3O2/c17-16(6-7-16)15(21)19-10-8-18(9-11-19)14(20)12-13-4-2-1-3-5-13/h13H,1-12,17H2. The van der Waals surface area contributed by atoms with E-state index in [-0.39, 0.29) is 11.8 Å². The van der Waals surface area contributed by atoms with Gasteiger partial charge in [0.25, 0.3) is 0 Å². The molecule has 5 nitrogen and oxygen atoms in total. The molecule has 2 amide bonds. The highest BCUT2D eigenvalue weighted by atomic mass is 16.2. The van der Waals surface area contributed by atoms with Crippen LogP contribution in [0.5, 0.6) is 0 Å². The first kappa shape index (κ1) is 14.8. The molecule has 2 N–H and O–H groups in total. The minimum Gasteiger partial charge on any atom is -0.339 e. The Kier molecular flexibility index (Phi) is 4.20. The van der Waals surface area contributed by atoms with Crippen molar-refractivity contribution in [3.63, 3.8) is 0 Å². The molecule has 1 heterocycles. The van der Waals surface area contributed by atoms with E-state index in [0.29, 0.717) is 38.5 Å². The lowest BCUT2D eigenvalue weighted by Crippen LogP contribution is -2.55. The molecule has 0 spiro atoms. The SMILES string of the molecule is NC1(C(=O)N2CCN(C(=O)CC3CCCCC3)CC2)CC1.